The zero-order valence-electron chi connectivity index (χ0n) is 17.7. The lowest BCUT2D eigenvalue weighted by Crippen LogP contribution is -2.14. The molecular formula is C24H23N5O3. The molecule has 0 spiro atoms. The van der Waals surface area contributed by atoms with Crippen molar-refractivity contribution in [1.29, 1.82) is 0 Å². The molecule has 4 aromatic rings. The minimum atomic E-state index is -0.121. The van der Waals surface area contributed by atoms with Gasteiger partial charge in [-0.15, -0.1) is 0 Å². The van der Waals surface area contributed by atoms with E-state index in [0.717, 1.165) is 0 Å². The number of rotatable bonds is 9. The van der Waals surface area contributed by atoms with Gasteiger partial charge < -0.3 is 14.7 Å². The van der Waals surface area contributed by atoms with Crippen LogP contribution in [0.2, 0.25) is 0 Å². The van der Waals surface area contributed by atoms with Crippen LogP contribution in [0.15, 0.2) is 49.1 Å². The van der Waals surface area contributed by atoms with E-state index in [1.54, 1.807) is 36.8 Å². The summed E-state index contributed by atoms with van der Waals surface area (Å²) >= 11 is 0. The van der Waals surface area contributed by atoms with Gasteiger partial charge in [-0.1, -0.05) is 6.07 Å². The molecule has 1 aliphatic rings. The molecule has 2 N–H and O–H groups in total. The second kappa shape index (κ2) is 8.37. The molecule has 3 aromatic heterocycles. The van der Waals surface area contributed by atoms with Crippen LogP contribution in [0.1, 0.15) is 52.1 Å². The van der Waals surface area contributed by atoms with Crippen molar-refractivity contribution in [2.75, 3.05) is 0 Å². The summed E-state index contributed by atoms with van der Waals surface area (Å²) in [6.45, 7) is 2.05. The predicted molar refractivity (Wildman–Crippen MR) is 118 cm³/mol. The molecule has 0 radical (unpaired) electrons. The van der Waals surface area contributed by atoms with E-state index in [2.05, 4.69) is 24.9 Å². The number of para-hydroxylation sites is 1. The number of Topliss-reactive ketones (excluding diaryl/α,β-unsaturated/α-hetero) is 2. The minimum Gasteiger partial charge on any atom is -0.489 e. The van der Waals surface area contributed by atoms with Crippen LogP contribution >= 0.6 is 0 Å². The Hall–Kier alpha value is -3.81. The highest BCUT2D eigenvalue weighted by molar-refractivity contribution is 6.07. The second-order valence-electron chi connectivity index (χ2n) is 8.19. The fraction of sp³-hybridized carbons (Fsp3) is 0.292. The molecule has 0 saturated heterocycles. The Morgan fingerprint density at radius 1 is 1.16 bits per heavy atom. The van der Waals surface area contributed by atoms with Crippen LogP contribution in [0.3, 0.4) is 0 Å². The molecule has 1 fully saturated rings. The molecule has 8 heteroatoms. The standard InChI is InChI=1S/C24H23N5O3/c1-14(15-5-6-15)32-17-9-16(12-25-13-17)20(30)10-23-28-19-4-2-3-18(24(19)29-23)21(31)11-22-26-7-8-27-22/h2-4,7-9,12-15H,5-6,10-11H2,1H3,(H,26,27)(H,28,29). The number of hydrogen-bond donors (Lipinski definition) is 2. The summed E-state index contributed by atoms with van der Waals surface area (Å²) in [5.41, 5.74) is 2.24. The Bertz CT molecular complexity index is 1270. The largest absolute Gasteiger partial charge is 0.489 e. The minimum absolute atomic E-state index is 0.0732. The summed E-state index contributed by atoms with van der Waals surface area (Å²) in [5.74, 6) is 2.09. The number of hydrogen-bond acceptors (Lipinski definition) is 6. The van der Waals surface area contributed by atoms with E-state index in [-0.39, 0.29) is 30.5 Å². The molecule has 162 valence electrons. The van der Waals surface area contributed by atoms with Gasteiger partial charge in [0.05, 0.1) is 36.2 Å². The van der Waals surface area contributed by atoms with Crippen LogP contribution in [-0.4, -0.2) is 42.6 Å². The van der Waals surface area contributed by atoms with E-state index in [9.17, 15) is 9.59 Å². The number of aromatic nitrogens is 5. The molecule has 1 saturated carbocycles. The molecule has 1 unspecified atom stereocenters. The molecule has 1 aromatic carbocycles. The number of ketones is 2. The van der Waals surface area contributed by atoms with Crippen molar-refractivity contribution in [3.63, 3.8) is 0 Å². The molecule has 8 nitrogen and oxygen atoms in total. The predicted octanol–water partition coefficient (Wildman–Crippen LogP) is 3.71. The monoisotopic (exact) mass is 429 g/mol. The summed E-state index contributed by atoms with van der Waals surface area (Å²) in [6, 6.07) is 7.11. The number of benzene rings is 1. The summed E-state index contributed by atoms with van der Waals surface area (Å²) in [4.78, 5) is 44.6. The number of nitrogens with one attached hydrogen (secondary N) is 2. The molecule has 32 heavy (non-hydrogen) atoms. The zero-order valence-corrected chi connectivity index (χ0v) is 17.7. The zero-order chi connectivity index (χ0) is 22.1. The summed E-state index contributed by atoms with van der Waals surface area (Å²) in [5, 5.41) is 0. The average Bonchev–Trinajstić information content (AvgIpc) is 3.37. The first-order valence-corrected chi connectivity index (χ1v) is 10.7. The number of ether oxygens (including phenoxy) is 1. The maximum atomic E-state index is 12.9. The Balaban J connectivity index is 1.33. The van der Waals surface area contributed by atoms with Crippen LogP contribution in [0.25, 0.3) is 11.0 Å². The van der Waals surface area contributed by atoms with Crippen molar-refractivity contribution in [1.82, 2.24) is 24.9 Å². The van der Waals surface area contributed by atoms with Gasteiger partial charge in [-0.25, -0.2) is 9.97 Å². The molecular weight excluding hydrogens is 406 g/mol. The van der Waals surface area contributed by atoms with E-state index in [0.29, 0.717) is 45.5 Å². The summed E-state index contributed by atoms with van der Waals surface area (Å²) < 4.78 is 5.93. The van der Waals surface area contributed by atoms with Crippen molar-refractivity contribution in [3.05, 3.63) is 71.8 Å². The van der Waals surface area contributed by atoms with Crippen molar-refractivity contribution in [2.24, 2.45) is 5.92 Å². The van der Waals surface area contributed by atoms with Crippen molar-refractivity contribution in [2.45, 2.75) is 38.7 Å². The van der Waals surface area contributed by atoms with Crippen molar-refractivity contribution >= 4 is 22.6 Å². The van der Waals surface area contributed by atoms with Gasteiger partial charge in [-0.2, -0.15) is 0 Å². The van der Waals surface area contributed by atoms with Gasteiger partial charge in [-0.3, -0.25) is 14.6 Å². The van der Waals surface area contributed by atoms with E-state index in [1.807, 2.05) is 13.0 Å². The molecule has 5 rings (SSSR count). The lowest BCUT2D eigenvalue weighted by atomic mass is 10.1. The highest BCUT2D eigenvalue weighted by atomic mass is 16.5. The van der Waals surface area contributed by atoms with E-state index >= 15 is 0 Å². The van der Waals surface area contributed by atoms with Crippen molar-refractivity contribution in [3.8, 4) is 5.75 Å². The van der Waals surface area contributed by atoms with Crippen molar-refractivity contribution < 1.29 is 14.3 Å². The van der Waals surface area contributed by atoms with Gasteiger partial charge >= 0.3 is 0 Å². The van der Waals surface area contributed by atoms with Crippen LogP contribution in [-0.2, 0) is 12.8 Å². The molecule has 0 aliphatic heterocycles. The highest BCUT2D eigenvalue weighted by Gasteiger charge is 2.29. The molecule has 1 atom stereocenters. The molecule has 3 heterocycles. The van der Waals surface area contributed by atoms with Crippen LogP contribution in [0.4, 0.5) is 0 Å². The number of aromatic amines is 2. The van der Waals surface area contributed by atoms with Gasteiger partial charge in [0.2, 0.25) is 0 Å². The smallest absolute Gasteiger partial charge is 0.172 e. The first-order chi connectivity index (χ1) is 15.6. The fourth-order valence-electron chi connectivity index (χ4n) is 3.80. The van der Waals surface area contributed by atoms with Gasteiger partial charge in [-0.05, 0) is 43.9 Å². The number of pyridine rings is 1. The normalized spacial score (nSPS) is 14.4. The Morgan fingerprint density at radius 3 is 2.78 bits per heavy atom. The third-order valence-corrected chi connectivity index (χ3v) is 5.72. The maximum absolute atomic E-state index is 12.9. The van der Waals surface area contributed by atoms with Crippen LogP contribution in [0, 0.1) is 5.92 Å². The lowest BCUT2D eigenvalue weighted by Gasteiger charge is -2.13. The van der Waals surface area contributed by atoms with Gasteiger partial charge in [0.15, 0.2) is 11.6 Å². The van der Waals surface area contributed by atoms with Crippen LogP contribution < -0.4 is 4.74 Å². The average molecular weight is 429 g/mol. The highest BCUT2D eigenvalue weighted by Crippen LogP contribution is 2.34. The van der Waals surface area contributed by atoms with Gasteiger partial charge in [0, 0.05) is 29.7 Å². The number of imidazole rings is 2. The first-order valence-electron chi connectivity index (χ1n) is 10.7. The SMILES string of the molecule is CC(Oc1cncc(C(=O)Cc2nc3c(C(=O)Cc4ncc[nH]4)cccc3[nH]2)c1)C1CC1. The number of nitrogens with zero attached hydrogens (tertiary/aromatic N) is 3. The summed E-state index contributed by atoms with van der Waals surface area (Å²) in [7, 11) is 0. The number of H-pyrrole nitrogens is 2. The van der Waals surface area contributed by atoms with Gasteiger partial charge in [0.25, 0.3) is 0 Å². The topological polar surface area (TPSA) is 114 Å². The molecule has 0 bridgehead atoms. The molecule has 0 amide bonds. The van der Waals surface area contributed by atoms with E-state index < -0.39 is 0 Å². The second-order valence-corrected chi connectivity index (χ2v) is 8.19. The lowest BCUT2D eigenvalue weighted by molar-refractivity contribution is 0.0983. The van der Waals surface area contributed by atoms with E-state index in [1.165, 1.54) is 19.0 Å². The quantitative estimate of drug-likeness (QED) is 0.392. The first kappa shape index (κ1) is 20.1. The summed E-state index contributed by atoms with van der Waals surface area (Å²) in [6.07, 6.45) is 9.19. The Kier molecular flexibility index (Phi) is 5.26. The fourth-order valence-corrected chi connectivity index (χ4v) is 3.80. The third-order valence-electron chi connectivity index (χ3n) is 5.72. The van der Waals surface area contributed by atoms with E-state index in [4.69, 9.17) is 4.74 Å². The number of carbonyl (C=O) groups excluding carboxylic acids is 2. The third kappa shape index (κ3) is 4.30. The maximum Gasteiger partial charge on any atom is 0.172 e. The number of carbonyl (C=O) groups is 2. The Morgan fingerprint density at radius 2 is 2.00 bits per heavy atom. The van der Waals surface area contributed by atoms with Gasteiger partial charge in [0.1, 0.15) is 17.4 Å². The van der Waals surface area contributed by atoms with Crippen LogP contribution in [0.5, 0.6) is 5.75 Å². The molecule has 1 aliphatic carbocycles. The number of fused-ring (bicyclic) bond motifs is 1. The Labute approximate surface area is 184 Å².